The van der Waals surface area contributed by atoms with E-state index in [2.05, 4.69) is 78.4 Å². The van der Waals surface area contributed by atoms with Crippen LogP contribution in [0, 0.1) is 6.92 Å². The molecule has 1 aromatic heterocycles. The first-order chi connectivity index (χ1) is 8.83. The van der Waals surface area contributed by atoms with Crippen LogP contribution in [0.5, 0.6) is 0 Å². The summed E-state index contributed by atoms with van der Waals surface area (Å²) in [5.41, 5.74) is 3.92. The van der Waals surface area contributed by atoms with E-state index in [1.54, 1.807) is 0 Å². The predicted molar refractivity (Wildman–Crippen MR) is 74.4 cm³/mol. The fourth-order valence-electron chi connectivity index (χ4n) is 2.32. The van der Waals surface area contributed by atoms with E-state index in [0.717, 1.165) is 6.54 Å². The second-order valence-corrected chi connectivity index (χ2v) is 4.68. The third kappa shape index (κ3) is 3.02. The van der Waals surface area contributed by atoms with Crippen LogP contribution in [0.1, 0.15) is 11.1 Å². The van der Waals surface area contributed by atoms with Gasteiger partial charge in [0, 0.05) is 23.1 Å². The van der Waals surface area contributed by atoms with Crippen LogP contribution in [0.25, 0.3) is 10.9 Å². The Morgan fingerprint density at radius 3 is 2.47 bits per heavy atom. The molecule has 96 valence electrons. The fraction of sp³-hybridized carbons (Fsp3) is 0.118. The van der Waals surface area contributed by atoms with Crippen LogP contribution in [-0.2, 0) is 6.54 Å². The number of nitrogens with zero attached hydrogens (tertiary/aromatic N) is 1. The summed E-state index contributed by atoms with van der Waals surface area (Å²) >= 11 is 0. The molecule has 1 nitrogen and oxygen atoms in total. The van der Waals surface area contributed by atoms with Gasteiger partial charge >= 0.3 is 0 Å². The molecule has 1 heterocycles. The van der Waals surface area contributed by atoms with E-state index in [0.29, 0.717) is 0 Å². The summed E-state index contributed by atoms with van der Waals surface area (Å²) in [6.45, 7) is 3.05. The first-order valence-electron chi connectivity index (χ1n) is 6.26. The summed E-state index contributed by atoms with van der Waals surface area (Å²) in [5.74, 6) is 0. The van der Waals surface area contributed by atoms with E-state index in [4.69, 9.17) is 0 Å². The Kier molecular flexibility index (Phi) is 4.33. The van der Waals surface area contributed by atoms with Crippen LogP contribution in [-0.4, -0.2) is 0 Å². The Labute approximate surface area is 124 Å². The number of fused-ring (bicyclic) bond motifs is 1. The first kappa shape index (κ1) is 13.8. The molecule has 2 heteroatoms. The Morgan fingerprint density at radius 2 is 1.68 bits per heavy atom. The van der Waals surface area contributed by atoms with Crippen LogP contribution in [0.15, 0.2) is 66.9 Å². The minimum absolute atomic E-state index is 0. The van der Waals surface area contributed by atoms with Gasteiger partial charge in [-0.2, -0.15) is 4.57 Å². The number of rotatable bonds is 2. The zero-order valence-electron chi connectivity index (χ0n) is 10.9. The largest absolute Gasteiger partial charge is 1.00 e. The van der Waals surface area contributed by atoms with Gasteiger partial charge in [0.2, 0.25) is 5.52 Å². The van der Waals surface area contributed by atoms with Crippen molar-refractivity contribution in [3.63, 3.8) is 0 Å². The van der Waals surface area contributed by atoms with E-state index in [9.17, 15) is 0 Å². The number of pyridine rings is 1. The van der Waals surface area contributed by atoms with Crippen LogP contribution in [0.3, 0.4) is 0 Å². The number of halogens is 1. The summed E-state index contributed by atoms with van der Waals surface area (Å²) in [6, 6.07) is 21.5. The number of aryl methyl sites for hydroxylation is 1. The van der Waals surface area contributed by atoms with Gasteiger partial charge in [-0.05, 0) is 19.1 Å². The van der Waals surface area contributed by atoms with E-state index >= 15 is 0 Å². The molecule has 0 spiro atoms. The van der Waals surface area contributed by atoms with E-state index in [-0.39, 0.29) is 17.0 Å². The molecular formula is C17H16BrN. The van der Waals surface area contributed by atoms with Crippen molar-refractivity contribution in [3.05, 3.63) is 78.0 Å². The highest BCUT2D eigenvalue weighted by molar-refractivity contribution is 5.76. The first-order valence-corrected chi connectivity index (χ1v) is 6.26. The lowest BCUT2D eigenvalue weighted by Gasteiger charge is -2.02. The summed E-state index contributed by atoms with van der Waals surface area (Å²) in [4.78, 5) is 0. The van der Waals surface area contributed by atoms with Crippen LogP contribution >= 0.6 is 0 Å². The molecule has 0 aliphatic rings. The van der Waals surface area contributed by atoms with Gasteiger partial charge < -0.3 is 17.0 Å². The lowest BCUT2D eigenvalue weighted by molar-refractivity contribution is -0.662. The van der Waals surface area contributed by atoms with Gasteiger partial charge in [-0.25, -0.2) is 0 Å². The molecule has 3 rings (SSSR count). The van der Waals surface area contributed by atoms with Gasteiger partial charge in [-0.1, -0.05) is 42.0 Å². The van der Waals surface area contributed by atoms with Crippen molar-refractivity contribution in [2.45, 2.75) is 13.5 Å². The molecule has 0 fully saturated rings. The lowest BCUT2D eigenvalue weighted by atomic mass is 10.1. The molecule has 2 aromatic carbocycles. The zero-order valence-corrected chi connectivity index (χ0v) is 12.5. The summed E-state index contributed by atoms with van der Waals surface area (Å²) in [6.07, 6.45) is 2.14. The maximum Gasteiger partial charge on any atom is 0.212 e. The highest BCUT2D eigenvalue weighted by atomic mass is 79.9. The highest BCUT2D eigenvalue weighted by Crippen LogP contribution is 2.12. The van der Waals surface area contributed by atoms with Crippen molar-refractivity contribution in [2.75, 3.05) is 0 Å². The van der Waals surface area contributed by atoms with Crippen molar-refractivity contribution in [3.8, 4) is 0 Å². The predicted octanol–water partition coefficient (Wildman–Crippen LogP) is 0.488. The number of aromatic nitrogens is 1. The summed E-state index contributed by atoms with van der Waals surface area (Å²) < 4.78 is 2.30. The molecule has 0 atom stereocenters. The minimum atomic E-state index is 0. The highest BCUT2D eigenvalue weighted by Gasteiger charge is 2.08. The van der Waals surface area contributed by atoms with E-state index in [1.807, 2.05) is 0 Å². The summed E-state index contributed by atoms with van der Waals surface area (Å²) in [5, 5.41) is 1.30. The standard InChI is InChI=1S/C17H16N.BrH/c1-14-9-10-17-16(12-14)8-5-11-18(17)13-15-6-3-2-4-7-15;/h2-12H,13H2,1H3;1H/q+1;/p-1. The Balaban J connectivity index is 0.00000133. The van der Waals surface area contributed by atoms with Crippen molar-refractivity contribution in [1.29, 1.82) is 0 Å². The average molecular weight is 314 g/mol. The molecule has 0 aliphatic carbocycles. The molecule has 0 saturated heterocycles. The second kappa shape index (κ2) is 5.98. The van der Waals surface area contributed by atoms with Gasteiger partial charge in [0.05, 0.1) is 0 Å². The van der Waals surface area contributed by atoms with E-state index in [1.165, 1.54) is 22.0 Å². The van der Waals surface area contributed by atoms with Gasteiger partial charge in [-0.3, -0.25) is 0 Å². The Morgan fingerprint density at radius 1 is 0.895 bits per heavy atom. The maximum absolute atomic E-state index is 2.30. The van der Waals surface area contributed by atoms with Gasteiger partial charge in [-0.15, -0.1) is 0 Å². The van der Waals surface area contributed by atoms with Crippen LogP contribution < -0.4 is 21.5 Å². The fourth-order valence-corrected chi connectivity index (χ4v) is 2.32. The van der Waals surface area contributed by atoms with Crippen molar-refractivity contribution in [2.24, 2.45) is 0 Å². The number of benzene rings is 2. The third-order valence-corrected chi connectivity index (χ3v) is 3.23. The van der Waals surface area contributed by atoms with Crippen molar-refractivity contribution < 1.29 is 21.5 Å². The quantitative estimate of drug-likeness (QED) is 0.606. The molecule has 0 unspecified atom stereocenters. The molecule has 0 aliphatic heterocycles. The van der Waals surface area contributed by atoms with Crippen molar-refractivity contribution in [1.82, 2.24) is 0 Å². The normalized spacial score (nSPS) is 10.2. The Bertz CT molecular complexity index is 677. The lowest BCUT2D eigenvalue weighted by Crippen LogP contribution is -3.00. The molecule has 0 amide bonds. The number of hydrogen-bond donors (Lipinski definition) is 0. The maximum atomic E-state index is 2.30. The smallest absolute Gasteiger partial charge is 0.212 e. The van der Waals surface area contributed by atoms with Crippen LogP contribution in [0.2, 0.25) is 0 Å². The third-order valence-electron chi connectivity index (χ3n) is 3.23. The average Bonchev–Trinajstić information content (AvgIpc) is 2.40. The monoisotopic (exact) mass is 313 g/mol. The summed E-state index contributed by atoms with van der Waals surface area (Å²) in [7, 11) is 0. The molecule has 0 bridgehead atoms. The molecule has 0 N–H and O–H groups in total. The molecule has 3 aromatic rings. The minimum Gasteiger partial charge on any atom is -1.00 e. The SMILES string of the molecule is Cc1ccc2c(ccc[n+]2Cc2ccccc2)c1.[Br-]. The van der Waals surface area contributed by atoms with Gasteiger partial charge in [0.15, 0.2) is 12.7 Å². The Hall–Kier alpha value is -1.67. The zero-order chi connectivity index (χ0) is 12.4. The molecule has 19 heavy (non-hydrogen) atoms. The number of hydrogen-bond acceptors (Lipinski definition) is 0. The molecule has 0 radical (unpaired) electrons. The molecule has 0 saturated carbocycles. The van der Waals surface area contributed by atoms with E-state index < -0.39 is 0 Å². The molecular weight excluding hydrogens is 298 g/mol. The van der Waals surface area contributed by atoms with Gasteiger partial charge in [0.1, 0.15) is 0 Å². The van der Waals surface area contributed by atoms with Crippen LogP contribution in [0.4, 0.5) is 0 Å². The van der Waals surface area contributed by atoms with Crippen molar-refractivity contribution >= 4 is 10.9 Å². The second-order valence-electron chi connectivity index (χ2n) is 4.68. The topological polar surface area (TPSA) is 3.88 Å². The van der Waals surface area contributed by atoms with Gasteiger partial charge in [0.25, 0.3) is 0 Å².